The molecule has 1 aliphatic heterocycles. The van der Waals surface area contributed by atoms with Crippen LogP contribution in [0.5, 0.6) is 5.75 Å². The summed E-state index contributed by atoms with van der Waals surface area (Å²) in [5.41, 5.74) is 2.00. The minimum Gasteiger partial charge on any atom is -0.493 e. The fourth-order valence-electron chi connectivity index (χ4n) is 5.82. The van der Waals surface area contributed by atoms with Crippen molar-refractivity contribution in [3.63, 3.8) is 0 Å². The lowest BCUT2D eigenvalue weighted by Gasteiger charge is -2.36. The number of carbonyl (C=O) groups is 2. The Kier molecular flexibility index (Phi) is 9.41. The molecule has 2 heterocycles. The number of benzene rings is 2. The van der Waals surface area contributed by atoms with E-state index in [9.17, 15) is 14.0 Å². The topological polar surface area (TPSA) is 97.7 Å². The van der Waals surface area contributed by atoms with E-state index in [1.54, 1.807) is 12.4 Å². The molecular formula is C30H35ClFN5O4. The molecule has 2 amide bonds. The van der Waals surface area contributed by atoms with E-state index >= 15 is 0 Å². The summed E-state index contributed by atoms with van der Waals surface area (Å²) in [6.07, 6.45) is 5.47. The number of piperazine rings is 1. The number of nitrogens with zero attached hydrogens (tertiary/aromatic N) is 3. The fourth-order valence-corrected chi connectivity index (χ4v) is 6.03. The molecule has 0 radical (unpaired) electrons. The highest BCUT2D eigenvalue weighted by molar-refractivity contribution is 6.30. The Morgan fingerprint density at radius 3 is 2.76 bits per heavy atom. The third kappa shape index (κ3) is 6.82. The van der Waals surface area contributed by atoms with Crippen molar-refractivity contribution in [2.75, 3.05) is 33.4 Å². The Morgan fingerprint density at radius 2 is 1.98 bits per heavy atom. The van der Waals surface area contributed by atoms with Crippen molar-refractivity contribution in [3.05, 3.63) is 71.4 Å². The third-order valence-electron chi connectivity index (χ3n) is 7.79. The summed E-state index contributed by atoms with van der Waals surface area (Å²) < 4.78 is 26.4. The van der Waals surface area contributed by atoms with Crippen molar-refractivity contribution < 1.29 is 23.5 Å². The Bertz CT molecular complexity index is 1330. The number of ether oxygens (including phenoxy) is 2. The number of carbonyl (C=O) groups excluding carboxylic acids is 2. The van der Waals surface area contributed by atoms with Gasteiger partial charge in [0.05, 0.1) is 37.8 Å². The summed E-state index contributed by atoms with van der Waals surface area (Å²) in [7, 11) is 1.36. The quantitative estimate of drug-likeness (QED) is 0.384. The number of aromatic nitrogens is 2. The van der Waals surface area contributed by atoms with Crippen LogP contribution in [0.15, 0.2) is 54.9 Å². The first-order valence-corrected chi connectivity index (χ1v) is 14.4. The Morgan fingerprint density at radius 1 is 1.17 bits per heavy atom. The van der Waals surface area contributed by atoms with Gasteiger partial charge >= 0.3 is 6.09 Å². The molecule has 218 valence electrons. The summed E-state index contributed by atoms with van der Waals surface area (Å²) in [6.45, 7) is 2.08. The van der Waals surface area contributed by atoms with Crippen LogP contribution in [0, 0.1) is 5.82 Å². The molecule has 2 fully saturated rings. The van der Waals surface area contributed by atoms with Crippen LogP contribution < -0.4 is 15.4 Å². The molecule has 2 aromatic carbocycles. The third-order valence-corrected chi connectivity index (χ3v) is 8.00. The average molecular weight is 584 g/mol. The normalized spacial score (nSPS) is 20.9. The molecule has 41 heavy (non-hydrogen) atoms. The highest BCUT2D eigenvalue weighted by Gasteiger charge is 2.35. The zero-order valence-electron chi connectivity index (χ0n) is 23.0. The molecule has 5 rings (SSSR count). The standard InChI is InChI=1S/C30H35ClFN5O4/c1-40-30(39)35-25-9-5-6-10-26(25)37-19-34-27(28(37)20-7-3-2-4-8-20)29(38)36-13-12-33-18-23(36)11-14-41-24-16-21(31)15-22(32)17-24/h2-4,7-8,15-17,19,23,25-26,33H,5-6,9-14,18H2,1H3,(H,35,39)/t23-,25+,26?/m1/s1. The zero-order chi connectivity index (χ0) is 28.8. The van der Waals surface area contributed by atoms with Crippen LogP contribution in [-0.2, 0) is 4.74 Å². The molecule has 3 atom stereocenters. The largest absolute Gasteiger partial charge is 0.493 e. The van der Waals surface area contributed by atoms with Gasteiger partial charge in [-0.25, -0.2) is 14.2 Å². The minimum atomic E-state index is -0.467. The molecular weight excluding hydrogens is 549 g/mol. The lowest BCUT2D eigenvalue weighted by atomic mass is 9.89. The van der Waals surface area contributed by atoms with Gasteiger partial charge in [0.1, 0.15) is 11.6 Å². The maximum Gasteiger partial charge on any atom is 0.407 e. The van der Waals surface area contributed by atoms with E-state index in [-0.39, 0.29) is 29.1 Å². The fraction of sp³-hybridized carbons (Fsp3) is 0.433. The van der Waals surface area contributed by atoms with Gasteiger partial charge in [0, 0.05) is 48.7 Å². The van der Waals surface area contributed by atoms with Crippen molar-refractivity contribution in [1.82, 2.24) is 25.1 Å². The van der Waals surface area contributed by atoms with Gasteiger partial charge in [-0.1, -0.05) is 54.8 Å². The summed E-state index contributed by atoms with van der Waals surface area (Å²) in [6, 6.07) is 13.5. The molecule has 0 spiro atoms. The molecule has 0 bridgehead atoms. The molecule has 2 aliphatic rings. The van der Waals surface area contributed by atoms with Crippen molar-refractivity contribution >= 4 is 23.6 Å². The minimum absolute atomic E-state index is 0.0718. The van der Waals surface area contributed by atoms with Gasteiger partial charge in [-0.3, -0.25) is 4.79 Å². The summed E-state index contributed by atoms with van der Waals surface area (Å²) >= 11 is 5.96. The van der Waals surface area contributed by atoms with Crippen molar-refractivity contribution in [3.8, 4) is 17.0 Å². The number of hydrogen-bond donors (Lipinski definition) is 2. The SMILES string of the molecule is COC(=O)N[C@H]1CCCCC1n1cnc(C(=O)N2CCNC[C@H]2CCOc2cc(F)cc(Cl)c2)c1-c1ccccc1. The molecule has 9 nitrogen and oxygen atoms in total. The van der Waals surface area contributed by atoms with Crippen LogP contribution in [0.4, 0.5) is 9.18 Å². The second-order valence-corrected chi connectivity index (χ2v) is 10.8. The Hall–Kier alpha value is -3.63. The Balaban J connectivity index is 1.40. The molecule has 2 N–H and O–H groups in total. The van der Waals surface area contributed by atoms with Crippen LogP contribution in [0.1, 0.15) is 48.6 Å². The zero-order valence-corrected chi connectivity index (χ0v) is 23.8. The lowest BCUT2D eigenvalue weighted by Crippen LogP contribution is -2.54. The predicted molar refractivity (Wildman–Crippen MR) is 154 cm³/mol. The summed E-state index contributed by atoms with van der Waals surface area (Å²) in [5.74, 6) is -0.268. The van der Waals surface area contributed by atoms with E-state index in [4.69, 9.17) is 21.1 Å². The highest BCUT2D eigenvalue weighted by Crippen LogP contribution is 2.35. The first kappa shape index (κ1) is 28.9. The van der Waals surface area contributed by atoms with E-state index < -0.39 is 11.9 Å². The van der Waals surface area contributed by atoms with Gasteiger partial charge in [-0.2, -0.15) is 0 Å². The predicted octanol–water partition coefficient (Wildman–Crippen LogP) is 5.07. The number of rotatable bonds is 8. The highest BCUT2D eigenvalue weighted by atomic mass is 35.5. The van der Waals surface area contributed by atoms with Crippen LogP contribution >= 0.6 is 11.6 Å². The molecule has 11 heteroatoms. The van der Waals surface area contributed by atoms with Crippen LogP contribution in [0.3, 0.4) is 0 Å². The maximum atomic E-state index is 14.2. The van der Waals surface area contributed by atoms with Gasteiger partial charge in [0.15, 0.2) is 5.69 Å². The maximum absolute atomic E-state index is 14.2. The van der Waals surface area contributed by atoms with Gasteiger partial charge in [0.25, 0.3) is 5.91 Å². The number of imidazole rings is 1. The number of methoxy groups -OCH3 is 1. The van der Waals surface area contributed by atoms with E-state index in [0.717, 1.165) is 36.9 Å². The second-order valence-electron chi connectivity index (χ2n) is 10.4. The van der Waals surface area contributed by atoms with Gasteiger partial charge in [-0.05, 0) is 25.0 Å². The molecule has 1 saturated carbocycles. The monoisotopic (exact) mass is 583 g/mol. The van der Waals surface area contributed by atoms with Crippen LogP contribution in [0.25, 0.3) is 11.3 Å². The number of halogens is 2. The average Bonchev–Trinajstić information content (AvgIpc) is 3.42. The summed E-state index contributed by atoms with van der Waals surface area (Å²) in [5, 5.41) is 6.62. The number of hydrogen-bond acceptors (Lipinski definition) is 6. The van der Waals surface area contributed by atoms with Gasteiger partial charge < -0.3 is 29.6 Å². The number of nitrogens with one attached hydrogen (secondary N) is 2. The molecule has 1 saturated heterocycles. The molecule has 1 aromatic heterocycles. The van der Waals surface area contributed by atoms with Crippen molar-refractivity contribution in [2.45, 2.75) is 50.2 Å². The molecule has 3 aromatic rings. The number of alkyl carbamates (subject to hydrolysis) is 1. The second kappa shape index (κ2) is 13.4. The van der Waals surface area contributed by atoms with E-state index in [2.05, 4.69) is 20.2 Å². The van der Waals surface area contributed by atoms with E-state index in [1.807, 2.05) is 35.2 Å². The van der Waals surface area contributed by atoms with Gasteiger partial charge in [0.2, 0.25) is 0 Å². The van der Waals surface area contributed by atoms with E-state index in [0.29, 0.717) is 44.1 Å². The lowest BCUT2D eigenvalue weighted by molar-refractivity contribution is 0.0601. The summed E-state index contributed by atoms with van der Waals surface area (Å²) in [4.78, 5) is 32.8. The Labute approximate surface area is 244 Å². The van der Waals surface area contributed by atoms with Crippen molar-refractivity contribution in [2.24, 2.45) is 0 Å². The van der Waals surface area contributed by atoms with Crippen LogP contribution in [0.2, 0.25) is 5.02 Å². The molecule has 1 unspecified atom stereocenters. The smallest absolute Gasteiger partial charge is 0.407 e. The first-order valence-electron chi connectivity index (χ1n) is 14.0. The van der Waals surface area contributed by atoms with Gasteiger partial charge in [-0.15, -0.1) is 0 Å². The first-order chi connectivity index (χ1) is 19.9. The van der Waals surface area contributed by atoms with Crippen molar-refractivity contribution in [1.29, 1.82) is 0 Å². The molecule has 1 aliphatic carbocycles. The van der Waals surface area contributed by atoms with E-state index in [1.165, 1.54) is 19.2 Å². The number of amides is 2. The van der Waals surface area contributed by atoms with Crippen LogP contribution in [-0.4, -0.2) is 71.9 Å².